The van der Waals surface area contributed by atoms with Crippen LogP contribution in [0, 0.1) is 5.92 Å². The molecule has 1 N–H and O–H groups in total. The van der Waals surface area contributed by atoms with Gasteiger partial charge in [0.15, 0.2) is 0 Å². The van der Waals surface area contributed by atoms with Gasteiger partial charge in [-0.1, -0.05) is 45.3 Å². The maximum absolute atomic E-state index is 11.1. The van der Waals surface area contributed by atoms with E-state index in [9.17, 15) is 9.90 Å². The lowest BCUT2D eigenvalue weighted by Crippen LogP contribution is -2.22. The smallest absolute Gasteiger partial charge is 0.330 e. The number of carbonyl (C=O) groups excluding carboxylic acids is 1. The van der Waals surface area contributed by atoms with Gasteiger partial charge in [0.05, 0.1) is 12.7 Å². The Hall–Kier alpha value is -1.09. The van der Waals surface area contributed by atoms with Gasteiger partial charge in [0.25, 0.3) is 0 Å². The summed E-state index contributed by atoms with van der Waals surface area (Å²) >= 11 is 0. The summed E-state index contributed by atoms with van der Waals surface area (Å²) < 4.78 is 4.59. The fraction of sp³-hybridized carbons (Fsp3) is 0.722. The van der Waals surface area contributed by atoms with Crippen LogP contribution in [0.5, 0.6) is 0 Å². The third-order valence-corrected chi connectivity index (χ3v) is 4.06. The Morgan fingerprint density at radius 3 is 2.57 bits per heavy atom. The van der Waals surface area contributed by atoms with Gasteiger partial charge in [-0.25, -0.2) is 4.79 Å². The van der Waals surface area contributed by atoms with Gasteiger partial charge in [-0.3, -0.25) is 0 Å². The van der Waals surface area contributed by atoms with E-state index in [0.29, 0.717) is 5.92 Å². The second kappa shape index (κ2) is 10.6. The Morgan fingerprint density at radius 1 is 1.38 bits per heavy atom. The topological polar surface area (TPSA) is 46.5 Å². The fourth-order valence-corrected chi connectivity index (χ4v) is 2.18. The van der Waals surface area contributed by atoms with Crippen LogP contribution in [-0.4, -0.2) is 23.8 Å². The molecule has 0 aromatic heterocycles. The minimum Gasteiger partial charge on any atom is -0.466 e. The Balaban J connectivity index is 4.16. The van der Waals surface area contributed by atoms with Gasteiger partial charge in [-0.15, -0.1) is 0 Å². The van der Waals surface area contributed by atoms with Gasteiger partial charge in [0.2, 0.25) is 0 Å². The SMILES string of the molecule is CCC(CC=CC(C)=CC(=O)OC)CCCC(C)(O)CC. The Kier molecular flexibility index (Phi) is 10.1. The largest absolute Gasteiger partial charge is 0.466 e. The van der Waals surface area contributed by atoms with E-state index in [4.69, 9.17) is 0 Å². The molecule has 0 spiro atoms. The molecule has 0 rings (SSSR count). The standard InChI is InChI=1S/C18H32O3/c1-6-16(12-9-13-18(4,20)7-2)11-8-10-15(3)14-17(19)21-5/h8,10,14,16,20H,6-7,9,11-13H2,1-5H3. The maximum Gasteiger partial charge on any atom is 0.330 e. The third kappa shape index (κ3) is 10.3. The van der Waals surface area contributed by atoms with Crippen molar-refractivity contribution in [3.63, 3.8) is 0 Å². The first kappa shape index (κ1) is 19.9. The number of hydrogen-bond donors (Lipinski definition) is 1. The highest BCUT2D eigenvalue weighted by Crippen LogP contribution is 2.22. The minimum absolute atomic E-state index is 0.314. The molecule has 3 nitrogen and oxygen atoms in total. The first-order valence-corrected chi connectivity index (χ1v) is 7.99. The molecule has 0 heterocycles. The summed E-state index contributed by atoms with van der Waals surface area (Å²) in [5, 5.41) is 10.00. The van der Waals surface area contributed by atoms with E-state index in [2.05, 4.69) is 17.7 Å². The van der Waals surface area contributed by atoms with E-state index in [-0.39, 0.29) is 5.97 Å². The molecule has 122 valence electrons. The molecule has 2 unspecified atom stereocenters. The molecular formula is C18H32O3. The quantitative estimate of drug-likeness (QED) is 0.369. The van der Waals surface area contributed by atoms with Crippen molar-refractivity contribution in [1.29, 1.82) is 0 Å². The molecule has 0 fully saturated rings. The van der Waals surface area contributed by atoms with E-state index in [1.165, 1.54) is 13.2 Å². The molecule has 0 radical (unpaired) electrons. The highest BCUT2D eigenvalue weighted by molar-refractivity contribution is 5.83. The molecule has 0 aliphatic heterocycles. The van der Waals surface area contributed by atoms with Crippen LogP contribution in [0.4, 0.5) is 0 Å². The van der Waals surface area contributed by atoms with Crippen LogP contribution in [0.25, 0.3) is 0 Å². The van der Waals surface area contributed by atoms with E-state index < -0.39 is 5.60 Å². The van der Waals surface area contributed by atoms with Gasteiger partial charge in [0, 0.05) is 6.08 Å². The van der Waals surface area contributed by atoms with E-state index in [1.54, 1.807) is 0 Å². The lowest BCUT2D eigenvalue weighted by molar-refractivity contribution is -0.134. The highest BCUT2D eigenvalue weighted by atomic mass is 16.5. The van der Waals surface area contributed by atoms with Crippen molar-refractivity contribution in [3.05, 3.63) is 23.8 Å². The van der Waals surface area contributed by atoms with Crippen LogP contribution < -0.4 is 0 Å². The van der Waals surface area contributed by atoms with Gasteiger partial charge in [-0.05, 0) is 44.6 Å². The Morgan fingerprint density at radius 2 is 2.05 bits per heavy atom. The van der Waals surface area contributed by atoms with Crippen molar-refractivity contribution < 1.29 is 14.6 Å². The molecule has 2 atom stereocenters. The van der Waals surface area contributed by atoms with E-state index in [1.807, 2.05) is 26.8 Å². The number of hydrogen-bond acceptors (Lipinski definition) is 3. The summed E-state index contributed by atoms with van der Waals surface area (Å²) in [7, 11) is 1.38. The summed E-state index contributed by atoms with van der Waals surface area (Å²) in [6.07, 6.45) is 11.6. The molecular weight excluding hydrogens is 264 g/mol. The van der Waals surface area contributed by atoms with Crippen molar-refractivity contribution in [2.45, 2.75) is 71.8 Å². The molecule has 0 saturated heterocycles. The minimum atomic E-state index is -0.520. The second-order valence-electron chi connectivity index (χ2n) is 6.07. The first-order chi connectivity index (χ1) is 9.84. The number of carbonyl (C=O) groups is 1. The van der Waals surface area contributed by atoms with Crippen LogP contribution in [0.2, 0.25) is 0 Å². The summed E-state index contributed by atoms with van der Waals surface area (Å²) in [5.74, 6) is 0.325. The molecule has 0 saturated carbocycles. The van der Waals surface area contributed by atoms with Crippen molar-refractivity contribution in [2.24, 2.45) is 5.92 Å². The number of esters is 1. The van der Waals surface area contributed by atoms with Crippen LogP contribution in [-0.2, 0) is 9.53 Å². The summed E-state index contributed by atoms with van der Waals surface area (Å²) in [4.78, 5) is 11.1. The number of rotatable bonds is 10. The normalized spacial score (nSPS) is 16.8. The lowest BCUT2D eigenvalue weighted by atomic mass is 9.90. The zero-order valence-electron chi connectivity index (χ0n) is 14.3. The van der Waals surface area contributed by atoms with Crippen molar-refractivity contribution in [2.75, 3.05) is 7.11 Å². The molecule has 0 aromatic carbocycles. The Bertz CT molecular complexity index is 353. The predicted octanol–water partition coefficient (Wildman–Crippen LogP) is 4.41. The monoisotopic (exact) mass is 296 g/mol. The molecule has 0 amide bonds. The molecule has 3 heteroatoms. The van der Waals surface area contributed by atoms with Crippen LogP contribution in [0.1, 0.15) is 66.2 Å². The number of methoxy groups -OCH3 is 1. The zero-order chi connectivity index (χ0) is 16.3. The zero-order valence-corrected chi connectivity index (χ0v) is 14.3. The van der Waals surface area contributed by atoms with Gasteiger partial charge in [0.1, 0.15) is 0 Å². The molecule has 0 aromatic rings. The van der Waals surface area contributed by atoms with Crippen LogP contribution in [0.15, 0.2) is 23.8 Å². The van der Waals surface area contributed by atoms with Crippen molar-refractivity contribution in [3.8, 4) is 0 Å². The molecule has 21 heavy (non-hydrogen) atoms. The van der Waals surface area contributed by atoms with Gasteiger partial charge >= 0.3 is 5.97 Å². The third-order valence-electron chi connectivity index (χ3n) is 4.06. The van der Waals surface area contributed by atoms with Gasteiger partial charge < -0.3 is 9.84 Å². The number of ether oxygens (including phenoxy) is 1. The first-order valence-electron chi connectivity index (χ1n) is 7.99. The van der Waals surface area contributed by atoms with E-state index in [0.717, 1.165) is 44.1 Å². The average molecular weight is 296 g/mol. The van der Waals surface area contributed by atoms with Crippen molar-refractivity contribution in [1.82, 2.24) is 0 Å². The highest BCUT2D eigenvalue weighted by Gasteiger charge is 2.17. The summed E-state index contributed by atoms with van der Waals surface area (Å²) in [6, 6.07) is 0. The molecule has 0 bridgehead atoms. The van der Waals surface area contributed by atoms with E-state index >= 15 is 0 Å². The molecule has 0 aliphatic rings. The Labute approximate surface area is 130 Å². The number of allylic oxidation sites excluding steroid dienone is 3. The summed E-state index contributed by atoms with van der Waals surface area (Å²) in [5.41, 5.74) is 0.388. The average Bonchev–Trinajstić information content (AvgIpc) is 2.45. The second-order valence-corrected chi connectivity index (χ2v) is 6.07. The van der Waals surface area contributed by atoms with Crippen LogP contribution >= 0.6 is 0 Å². The van der Waals surface area contributed by atoms with Crippen molar-refractivity contribution >= 4 is 5.97 Å². The van der Waals surface area contributed by atoms with Gasteiger partial charge in [-0.2, -0.15) is 0 Å². The molecule has 0 aliphatic carbocycles. The number of aliphatic hydroxyl groups is 1. The summed E-state index contributed by atoms with van der Waals surface area (Å²) in [6.45, 7) is 8.03. The fourth-order valence-electron chi connectivity index (χ4n) is 2.18. The lowest BCUT2D eigenvalue weighted by Gasteiger charge is -2.22. The maximum atomic E-state index is 11.1. The predicted molar refractivity (Wildman–Crippen MR) is 88.1 cm³/mol. The van der Waals surface area contributed by atoms with Crippen LogP contribution in [0.3, 0.4) is 0 Å².